The van der Waals surface area contributed by atoms with E-state index in [1.54, 1.807) is 0 Å². The molecular weight excluding hydrogens is 328 g/mol. The van der Waals surface area contributed by atoms with E-state index in [-0.39, 0.29) is 5.91 Å². The number of anilines is 2. The predicted molar refractivity (Wildman–Crippen MR) is 89.9 cm³/mol. The van der Waals surface area contributed by atoms with Crippen molar-refractivity contribution in [3.63, 3.8) is 0 Å². The molecule has 0 fully saturated rings. The van der Waals surface area contributed by atoms with Crippen LogP contribution in [0.2, 0.25) is 0 Å². The van der Waals surface area contributed by atoms with E-state index in [2.05, 4.69) is 38.3 Å². The minimum atomic E-state index is 0.0162. The molecule has 1 aliphatic rings. The largest absolute Gasteiger partial charge is 0.362 e. The van der Waals surface area contributed by atoms with Crippen molar-refractivity contribution in [1.82, 2.24) is 0 Å². The van der Waals surface area contributed by atoms with Crippen molar-refractivity contribution in [2.24, 2.45) is 0 Å². The van der Waals surface area contributed by atoms with E-state index in [4.69, 9.17) is 0 Å². The third kappa shape index (κ3) is 3.10. The second-order valence-corrected chi connectivity index (χ2v) is 6.17. The van der Waals surface area contributed by atoms with Gasteiger partial charge in [0.1, 0.15) is 0 Å². The number of amides is 1. The smallest absolute Gasteiger partial charge is 0.243 e. The van der Waals surface area contributed by atoms with Gasteiger partial charge in [0.05, 0.1) is 6.54 Å². The maximum atomic E-state index is 12.2. The maximum absolute atomic E-state index is 12.2. The van der Waals surface area contributed by atoms with Crippen LogP contribution in [0.1, 0.15) is 11.1 Å². The standard InChI is InChI=1S/C17H17BrN2O/c1-12-6-7-14(10-15(12)18)19-17(21)11-20-9-8-13-4-2-3-5-16(13)20/h2-7,10H,8-9,11H2,1H3,(H,19,21). The minimum absolute atomic E-state index is 0.0162. The van der Waals surface area contributed by atoms with Crippen molar-refractivity contribution in [2.75, 3.05) is 23.3 Å². The van der Waals surface area contributed by atoms with Crippen molar-refractivity contribution in [3.05, 3.63) is 58.1 Å². The molecule has 0 unspecified atom stereocenters. The fourth-order valence-electron chi connectivity index (χ4n) is 2.62. The highest BCUT2D eigenvalue weighted by atomic mass is 79.9. The lowest BCUT2D eigenvalue weighted by Crippen LogP contribution is -2.31. The molecule has 0 bridgehead atoms. The second kappa shape index (κ2) is 5.90. The molecule has 2 aromatic carbocycles. The fourth-order valence-corrected chi connectivity index (χ4v) is 2.99. The van der Waals surface area contributed by atoms with E-state index in [0.717, 1.165) is 28.7 Å². The number of rotatable bonds is 3. The molecule has 1 amide bonds. The highest BCUT2D eigenvalue weighted by Gasteiger charge is 2.20. The Morgan fingerprint density at radius 2 is 2.10 bits per heavy atom. The lowest BCUT2D eigenvalue weighted by atomic mass is 10.2. The first-order valence-corrected chi connectivity index (χ1v) is 7.81. The van der Waals surface area contributed by atoms with E-state index < -0.39 is 0 Å². The SMILES string of the molecule is Cc1ccc(NC(=O)CN2CCc3ccccc32)cc1Br. The van der Waals surface area contributed by atoms with Gasteiger partial charge in [-0.3, -0.25) is 4.79 Å². The second-order valence-electron chi connectivity index (χ2n) is 5.31. The van der Waals surface area contributed by atoms with Gasteiger partial charge in [0, 0.05) is 22.4 Å². The number of carbonyl (C=O) groups excluding carboxylic acids is 1. The van der Waals surface area contributed by atoms with Crippen LogP contribution in [-0.2, 0) is 11.2 Å². The molecule has 0 radical (unpaired) electrons. The van der Waals surface area contributed by atoms with Crippen LogP contribution < -0.4 is 10.2 Å². The first-order chi connectivity index (χ1) is 10.1. The Morgan fingerprint density at radius 1 is 1.29 bits per heavy atom. The highest BCUT2D eigenvalue weighted by molar-refractivity contribution is 9.10. The van der Waals surface area contributed by atoms with Crippen molar-refractivity contribution in [1.29, 1.82) is 0 Å². The third-order valence-corrected chi connectivity index (χ3v) is 4.63. The summed E-state index contributed by atoms with van der Waals surface area (Å²) in [5.41, 5.74) is 4.48. The zero-order chi connectivity index (χ0) is 14.8. The molecule has 4 heteroatoms. The normalized spacial score (nSPS) is 13.1. The summed E-state index contributed by atoms with van der Waals surface area (Å²) in [6.07, 6.45) is 1.01. The number of hydrogen-bond donors (Lipinski definition) is 1. The molecule has 0 spiro atoms. The summed E-state index contributed by atoms with van der Waals surface area (Å²) in [7, 11) is 0. The summed E-state index contributed by atoms with van der Waals surface area (Å²) in [6.45, 7) is 3.32. The monoisotopic (exact) mass is 344 g/mol. The van der Waals surface area contributed by atoms with Gasteiger partial charge in [-0.05, 0) is 42.7 Å². The first-order valence-electron chi connectivity index (χ1n) is 7.02. The molecule has 3 rings (SSSR count). The van der Waals surface area contributed by atoms with Crippen LogP contribution in [0.3, 0.4) is 0 Å². The quantitative estimate of drug-likeness (QED) is 0.919. The van der Waals surface area contributed by atoms with Crippen LogP contribution in [0.4, 0.5) is 11.4 Å². The number of aryl methyl sites for hydroxylation is 1. The highest BCUT2D eigenvalue weighted by Crippen LogP contribution is 2.27. The number of nitrogens with one attached hydrogen (secondary N) is 1. The maximum Gasteiger partial charge on any atom is 0.243 e. The Morgan fingerprint density at radius 3 is 2.90 bits per heavy atom. The Kier molecular flexibility index (Phi) is 3.97. The number of hydrogen-bond acceptors (Lipinski definition) is 2. The van der Waals surface area contributed by atoms with Crippen LogP contribution in [0.15, 0.2) is 46.9 Å². The molecule has 21 heavy (non-hydrogen) atoms. The zero-order valence-corrected chi connectivity index (χ0v) is 13.5. The van der Waals surface area contributed by atoms with Crippen LogP contribution >= 0.6 is 15.9 Å². The average Bonchev–Trinajstić information content (AvgIpc) is 2.86. The zero-order valence-electron chi connectivity index (χ0n) is 11.9. The number of para-hydroxylation sites is 1. The number of fused-ring (bicyclic) bond motifs is 1. The average molecular weight is 345 g/mol. The lowest BCUT2D eigenvalue weighted by molar-refractivity contribution is -0.115. The van der Waals surface area contributed by atoms with Gasteiger partial charge in [-0.25, -0.2) is 0 Å². The molecule has 0 aromatic heterocycles. The Hall–Kier alpha value is -1.81. The Labute approximate surface area is 133 Å². The van der Waals surface area contributed by atoms with Crippen LogP contribution in [0.5, 0.6) is 0 Å². The van der Waals surface area contributed by atoms with Gasteiger partial charge in [0.25, 0.3) is 0 Å². The number of halogens is 1. The summed E-state index contributed by atoms with van der Waals surface area (Å²) < 4.78 is 1.01. The summed E-state index contributed by atoms with van der Waals surface area (Å²) in [5.74, 6) is 0.0162. The molecule has 2 aromatic rings. The Bertz CT molecular complexity index is 684. The summed E-state index contributed by atoms with van der Waals surface area (Å²) >= 11 is 3.48. The topological polar surface area (TPSA) is 32.3 Å². The molecule has 0 saturated heterocycles. The third-order valence-electron chi connectivity index (χ3n) is 3.77. The molecule has 3 nitrogen and oxygen atoms in total. The first kappa shape index (κ1) is 14.1. The van der Waals surface area contributed by atoms with Gasteiger partial charge in [-0.2, -0.15) is 0 Å². The molecule has 1 aliphatic heterocycles. The van der Waals surface area contributed by atoms with E-state index in [1.165, 1.54) is 11.3 Å². The van der Waals surface area contributed by atoms with Gasteiger partial charge in [0.2, 0.25) is 5.91 Å². The number of benzene rings is 2. The van der Waals surface area contributed by atoms with E-state index in [9.17, 15) is 4.79 Å². The van der Waals surface area contributed by atoms with Gasteiger partial charge < -0.3 is 10.2 Å². The van der Waals surface area contributed by atoms with Gasteiger partial charge in [-0.15, -0.1) is 0 Å². The molecule has 0 atom stereocenters. The molecular formula is C17H17BrN2O. The molecule has 1 N–H and O–H groups in total. The van der Waals surface area contributed by atoms with Gasteiger partial charge >= 0.3 is 0 Å². The summed E-state index contributed by atoms with van der Waals surface area (Å²) in [6, 6.07) is 14.1. The van der Waals surface area contributed by atoms with Gasteiger partial charge in [0.15, 0.2) is 0 Å². The van der Waals surface area contributed by atoms with E-state index in [0.29, 0.717) is 6.54 Å². The van der Waals surface area contributed by atoms with Gasteiger partial charge in [-0.1, -0.05) is 40.2 Å². The van der Waals surface area contributed by atoms with Crippen LogP contribution in [-0.4, -0.2) is 19.0 Å². The fraction of sp³-hybridized carbons (Fsp3) is 0.235. The van der Waals surface area contributed by atoms with Crippen molar-refractivity contribution in [2.45, 2.75) is 13.3 Å². The minimum Gasteiger partial charge on any atom is -0.362 e. The molecule has 0 aliphatic carbocycles. The molecule has 0 saturated carbocycles. The van der Waals surface area contributed by atoms with Crippen molar-refractivity contribution >= 4 is 33.2 Å². The number of nitrogens with zero attached hydrogens (tertiary/aromatic N) is 1. The van der Waals surface area contributed by atoms with Crippen molar-refractivity contribution in [3.8, 4) is 0 Å². The van der Waals surface area contributed by atoms with Crippen LogP contribution in [0.25, 0.3) is 0 Å². The molecule has 108 valence electrons. The summed E-state index contributed by atoms with van der Waals surface area (Å²) in [4.78, 5) is 14.3. The molecule has 1 heterocycles. The van der Waals surface area contributed by atoms with E-state index in [1.807, 2.05) is 37.3 Å². The summed E-state index contributed by atoms with van der Waals surface area (Å²) in [5, 5.41) is 2.96. The lowest BCUT2D eigenvalue weighted by Gasteiger charge is -2.18. The van der Waals surface area contributed by atoms with Crippen molar-refractivity contribution < 1.29 is 4.79 Å². The Balaban J connectivity index is 1.66. The van der Waals surface area contributed by atoms with Crippen LogP contribution in [0, 0.1) is 6.92 Å². The number of carbonyl (C=O) groups is 1. The van der Waals surface area contributed by atoms with E-state index >= 15 is 0 Å². The predicted octanol–water partition coefficient (Wildman–Crippen LogP) is 3.76.